The molecule has 1 heterocycles. The predicted octanol–water partition coefficient (Wildman–Crippen LogP) is 4.16. The van der Waals surface area contributed by atoms with Crippen LogP contribution in [0, 0.1) is 0 Å². The van der Waals surface area contributed by atoms with Crippen molar-refractivity contribution in [2.45, 2.75) is 65.2 Å². The Morgan fingerprint density at radius 3 is 1.37 bits per heavy atom. The van der Waals surface area contributed by atoms with Crippen molar-refractivity contribution in [3.05, 3.63) is 80.9 Å². The van der Waals surface area contributed by atoms with Crippen molar-refractivity contribution < 1.29 is 39.0 Å². The van der Waals surface area contributed by atoms with Gasteiger partial charge in [0.25, 0.3) is 0 Å². The van der Waals surface area contributed by atoms with Gasteiger partial charge in [-0.25, -0.2) is 0 Å². The Morgan fingerprint density at radius 2 is 0.981 bits per heavy atom. The number of benzene rings is 2. The summed E-state index contributed by atoms with van der Waals surface area (Å²) < 4.78 is 0. The molecule has 1 fully saturated rings. The molecule has 2 aromatic carbocycles. The van der Waals surface area contributed by atoms with Crippen molar-refractivity contribution in [3.8, 4) is 11.5 Å². The number of hydrogen-bond acceptors (Lipinski definition) is 10. The second-order valence-electron chi connectivity index (χ2n) is 13.7. The van der Waals surface area contributed by atoms with E-state index in [1.54, 1.807) is 38.1 Å². The van der Waals surface area contributed by atoms with Crippen LogP contribution in [0.15, 0.2) is 58.7 Å². The van der Waals surface area contributed by atoms with E-state index < -0.39 is 0 Å². The zero-order valence-corrected chi connectivity index (χ0v) is 30.0. The Balaban J connectivity index is 0.890. The molecule has 3 aliphatic rings. The highest BCUT2D eigenvalue weighted by atomic mass is 16.3. The van der Waals surface area contributed by atoms with Gasteiger partial charge < -0.3 is 30.6 Å². The lowest BCUT2D eigenvalue weighted by Crippen LogP contribution is -2.47. The van der Waals surface area contributed by atoms with Crippen LogP contribution in [-0.4, -0.2) is 107 Å². The summed E-state index contributed by atoms with van der Waals surface area (Å²) in [7, 11) is 0. The topological polar surface area (TPSA) is 173 Å². The average molecular weight is 713 g/mol. The maximum absolute atomic E-state index is 13.0. The lowest BCUT2D eigenvalue weighted by Gasteiger charge is -2.34. The van der Waals surface area contributed by atoms with Crippen LogP contribution < -0.4 is 10.6 Å². The summed E-state index contributed by atoms with van der Waals surface area (Å²) >= 11 is 0. The summed E-state index contributed by atoms with van der Waals surface area (Å²) in [6, 6.07) is 8.97. The number of rotatable bonds is 16. The van der Waals surface area contributed by atoms with Crippen LogP contribution in [0.1, 0.15) is 107 Å². The monoisotopic (exact) mass is 712 g/mol. The molecule has 0 saturated carbocycles. The summed E-state index contributed by atoms with van der Waals surface area (Å²) in [5.74, 6) is -1.82. The van der Waals surface area contributed by atoms with Gasteiger partial charge in [0.1, 0.15) is 11.5 Å². The number of carbonyl (C=O) groups is 6. The van der Waals surface area contributed by atoms with Crippen molar-refractivity contribution in [3.63, 3.8) is 0 Å². The van der Waals surface area contributed by atoms with Crippen LogP contribution in [0.2, 0.25) is 0 Å². The number of phenolic OH excluding ortho intramolecular Hbond substituents is 2. The fourth-order valence-corrected chi connectivity index (χ4v) is 7.18. The molecule has 0 atom stereocenters. The van der Waals surface area contributed by atoms with E-state index in [1.165, 1.54) is 12.1 Å². The van der Waals surface area contributed by atoms with Crippen LogP contribution in [0.25, 0.3) is 0 Å². The Bertz CT molecular complexity index is 1690. The van der Waals surface area contributed by atoms with Crippen molar-refractivity contribution in [1.82, 2.24) is 20.4 Å². The number of aromatic hydroxyl groups is 2. The molecule has 2 amide bonds. The van der Waals surface area contributed by atoms with Gasteiger partial charge in [0.2, 0.25) is 11.8 Å². The molecule has 4 N–H and O–H groups in total. The fourth-order valence-electron chi connectivity index (χ4n) is 7.18. The van der Waals surface area contributed by atoms with E-state index in [2.05, 4.69) is 20.4 Å². The maximum atomic E-state index is 13.0. The molecule has 0 bridgehead atoms. The largest absolute Gasteiger partial charge is 0.507 e. The third kappa shape index (κ3) is 8.91. The Morgan fingerprint density at radius 1 is 0.596 bits per heavy atom. The minimum Gasteiger partial charge on any atom is -0.507 e. The number of phenols is 2. The van der Waals surface area contributed by atoms with E-state index in [-0.39, 0.29) is 81.5 Å². The summed E-state index contributed by atoms with van der Waals surface area (Å²) in [6.07, 6.45) is 3.58. The number of amides is 2. The van der Waals surface area contributed by atoms with Gasteiger partial charge in [-0.2, -0.15) is 0 Å². The number of carbonyl (C=O) groups excluding carboxylic acids is 6. The first-order valence-corrected chi connectivity index (χ1v) is 18.2. The van der Waals surface area contributed by atoms with E-state index in [1.807, 2.05) is 0 Å². The SMILES string of the molecule is CC1=C(CCCC(=O)NCCCN2CCN(CCCNC(=O)CCCC3=C(C)C(=O)c4cccc(O)c4C3=O)CC2)C(=O)c2c(O)cccc2C1=O. The molecule has 12 nitrogen and oxygen atoms in total. The van der Waals surface area contributed by atoms with Gasteiger partial charge in [0, 0.05) is 85.5 Å². The number of nitrogens with one attached hydrogen (secondary N) is 2. The van der Waals surface area contributed by atoms with E-state index >= 15 is 0 Å². The van der Waals surface area contributed by atoms with E-state index in [9.17, 15) is 39.0 Å². The third-order valence-electron chi connectivity index (χ3n) is 10.2. The molecule has 0 unspecified atom stereocenters. The predicted molar refractivity (Wildman–Crippen MR) is 195 cm³/mol. The van der Waals surface area contributed by atoms with Crippen molar-refractivity contribution >= 4 is 34.9 Å². The molecule has 12 heteroatoms. The lowest BCUT2D eigenvalue weighted by atomic mass is 9.82. The van der Waals surface area contributed by atoms with Crippen molar-refractivity contribution in [1.29, 1.82) is 0 Å². The van der Waals surface area contributed by atoms with Crippen molar-refractivity contribution in [2.75, 3.05) is 52.4 Å². The Hall–Kier alpha value is -4.94. The number of nitrogens with zero attached hydrogens (tertiary/aromatic N) is 2. The van der Waals surface area contributed by atoms with Crippen molar-refractivity contribution in [2.24, 2.45) is 0 Å². The van der Waals surface area contributed by atoms with Gasteiger partial charge in [-0.05, 0) is 77.6 Å². The molecule has 0 spiro atoms. The molecular weight excluding hydrogens is 664 g/mol. The molecule has 0 aromatic heterocycles. The van der Waals surface area contributed by atoms with Gasteiger partial charge in [-0.3, -0.25) is 28.8 Å². The standard InChI is InChI=1S/C40H48N4O8/c1-25-27(39(51)35-29(37(25)49)11-3-13-31(35)45)9-5-15-33(47)41-17-7-19-43-21-23-44(24-22-43)20-8-18-42-34(48)16-6-10-28-26(2)38(50)30-12-4-14-32(46)36(30)40(28)52/h3-4,11-14,45-46H,5-10,15-24H2,1-2H3,(H,41,47)(H,42,48). The Kier molecular flexibility index (Phi) is 12.9. The minimum absolute atomic E-state index is 0.0473. The first kappa shape index (κ1) is 38.3. The number of piperazine rings is 1. The average Bonchev–Trinajstić information content (AvgIpc) is 3.13. The molecule has 5 rings (SSSR count). The molecule has 2 aliphatic carbocycles. The van der Waals surface area contributed by atoms with E-state index in [4.69, 9.17) is 0 Å². The number of Topliss-reactive ketones (excluding diaryl/α,β-unsaturated/α-hetero) is 4. The summed E-state index contributed by atoms with van der Waals surface area (Å²) in [6.45, 7) is 9.82. The summed E-state index contributed by atoms with van der Waals surface area (Å²) in [5.41, 5.74) is 2.00. The first-order valence-electron chi connectivity index (χ1n) is 18.2. The van der Waals surface area contributed by atoms with Gasteiger partial charge in [-0.15, -0.1) is 0 Å². The first-order chi connectivity index (χ1) is 25.0. The number of ketones is 4. The number of allylic oxidation sites excluding steroid dienone is 4. The third-order valence-corrected chi connectivity index (χ3v) is 10.2. The second-order valence-corrected chi connectivity index (χ2v) is 13.7. The van der Waals surface area contributed by atoms with Gasteiger partial charge in [0.05, 0.1) is 11.1 Å². The van der Waals surface area contributed by atoms with Gasteiger partial charge in [-0.1, -0.05) is 24.3 Å². The fraction of sp³-hybridized carbons (Fsp3) is 0.450. The summed E-state index contributed by atoms with van der Waals surface area (Å²) in [5, 5.41) is 26.2. The zero-order valence-electron chi connectivity index (χ0n) is 30.0. The molecule has 1 saturated heterocycles. The molecule has 2 aromatic rings. The second kappa shape index (κ2) is 17.5. The quantitative estimate of drug-likeness (QED) is 0.185. The molecular formula is C40H48N4O8. The Labute approximate surface area is 303 Å². The van der Waals surface area contributed by atoms with Crippen LogP contribution in [0.5, 0.6) is 11.5 Å². The van der Waals surface area contributed by atoms with Gasteiger partial charge >= 0.3 is 0 Å². The maximum Gasteiger partial charge on any atom is 0.220 e. The van der Waals surface area contributed by atoms with Crippen LogP contribution in [0.3, 0.4) is 0 Å². The number of hydrogen-bond donors (Lipinski definition) is 4. The highest BCUT2D eigenvalue weighted by molar-refractivity contribution is 6.28. The number of fused-ring (bicyclic) bond motifs is 2. The highest BCUT2D eigenvalue weighted by Crippen LogP contribution is 2.35. The lowest BCUT2D eigenvalue weighted by molar-refractivity contribution is -0.122. The van der Waals surface area contributed by atoms with Crippen LogP contribution in [0.4, 0.5) is 0 Å². The van der Waals surface area contributed by atoms with Crippen LogP contribution in [-0.2, 0) is 9.59 Å². The van der Waals surface area contributed by atoms with Gasteiger partial charge in [0.15, 0.2) is 23.1 Å². The smallest absolute Gasteiger partial charge is 0.220 e. The molecule has 276 valence electrons. The molecule has 1 aliphatic heterocycles. The summed E-state index contributed by atoms with van der Waals surface area (Å²) in [4.78, 5) is 80.9. The molecule has 0 radical (unpaired) electrons. The van der Waals surface area contributed by atoms with E-state index in [0.717, 1.165) is 52.1 Å². The zero-order chi connectivity index (χ0) is 37.4. The molecule has 52 heavy (non-hydrogen) atoms. The normalized spacial score (nSPS) is 16.7. The minimum atomic E-state index is -0.348. The highest BCUT2D eigenvalue weighted by Gasteiger charge is 2.33. The van der Waals surface area contributed by atoms with Crippen LogP contribution >= 0.6 is 0 Å². The van der Waals surface area contributed by atoms with E-state index in [0.29, 0.717) is 61.1 Å².